The molecular formula is C13H16N2O4. The molecule has 19 heavy (non-hydrogen) atoms. The van der Waals surface area contributed by atoms with Crippen LogP contribution in [-0.4, -0.2) is 46.1 Å². The maximum Gasteiger partial charge on any atom is 0.322 e. The molecule has 1 aromatic rings. The largest absolute Gasteiger partial charge is 0.480 e. The molecule has 1 amide bonds. The molecule has 0 spiro atoms. The topological polar surface area (TPSA) is 89.9 Å². The van der Waals surface area contributed by atoms with E-state index < -0.39 is 12.0 Å². The van der Waals surface area contributed by atoms with E-state index in [-0.39, 0.29) is 25.6 Å². The molecule has 1 fully saturated rings. The van der Waals surface area contributed by atoms with E-state index in [1.807, 2.05) is 12.1 Å². The first kappa shape index (κ1) is 13.5. The number of hydrogen-bond acceptors (Lipinski definition) is 4. The Kier molecular flexibility index (Phi) is 4.13. The lowest BCUT2D eigenvalue weighted by Crippen LogP contribution is -2.56. The Morgan fingerprint density at radius 1 is 1.32 bits per heavy atom. The van der Waals surface area contributed by atoms with Crippen molar-refractivity contribution in [2.45, 2.75) is 19.2 Å². The van der Waals surface area contributed by atoms with Gasteiger partial charge >= 0.3 is 5.97 Å². The lowest BCUT2D eigenvalue weighted by atomic mass is 10.1. The molecule has 0 radical (unpaired) electrons. The highest BCUT2D eigenvalue weighted by atomic mass is 16.4. The number of benzene rings is 1. The molecule has 1 saturated heterocycles. The summed E-state index contributed by atoms with van der Waals surface area (Å²) < 4.78 is 0. The second-order valence-corrected chi connectivity index (χ2v) is 4.54. The molecule has 2 rings (SSSR count). The van der Waals surface area contributed by atoms with Gasteiger partial charge in [-0.05, 0) is 11.1 Å². The molecule has 0 aliphatic carbocycles. The molecule has 6 heteroatoms. The van der Waals surface area contributed by atoms with E-state index in [1.165, 1.54) is 0 Å². The van der Waals surface area contributed by atoms with Crippen molar-refractivity contribution in [1.82, 2.24) is 10.2 Å². The average molecular weight is 264 g/mol. The van der Waals surface area contributed by atoms with Gasteiger partial charge in [-0.3, -0.25) is 14.5 Å². The molecule has 0 saturated carbocycles. The summed E-state index contributed by atoms with van der Waals surface area (Å²) in [5.74, 6) is -1.10. The van der Waals surface area contributed by atoms with Crippen LogP contribution in [0, 0.1) is 0 Å². The van der Waals surface area contributed by atoms with Crippen LogP contribution in [0.15, 0.2) is 24.3 Å². The van der Waals surface area contributed by atoms with Crippen LogP contribution in [0.1, 0.15) is 11.1 Å². The predicted molar refractivity (Wildman–Crippen MR) is 67.2 cm³/mol. The summed E-state index contributed by atoms with van der Waals surface area (Å²) in [6.45, 7) is 0.585. The standard InChI is InChI=1S/C13H16N2O4/c16-8-10-3-1-9(2-4-10)6-15-7-12(17)14-5-11(15)13(18)19/h1-4,11,16H,5-8H2,(H,14,17)(H,18,19). The fraction of sp³-hybridized carbons (Fsp3) is 0.385. The molecular weight excluding hydrogens is 248 g/mol. The van der Waals surface area contributed by atoms with Gasteiger partial charge in [0, 0.05) is 13.1 Å². The van der Waals surface area contributed by atoms with Gasteiger partial charge in [-0.15, -0.1) is 0 Å². The van der Waals surface area contributed by atoms with Crippen LogP contribution in [0.5, 0.6) is 0 Å². The number of rotatable bonds is 4. The minimum atomic E-state index is -0.938. The number of carboxylic acids is 1. The van der Waals surface area contributed by atoms with Gasteiger partial charge in [0.2, 0.25) is 5.91 Å². The van der Waals surface area contributed by atoms with Gasteiger partial charge < -0.3 is 15.5 Å². The Hall–Kier alpha value is -1.92. The summed E-state index contributed by atoms with van der Waals surface area (Å²) in [7, 11) is 0. The van der Waals surface area contributed by atoms with Crippen molar-refractivity contribution in [3.8, 4) is 0 Å². The van der Waals surface area contributed by atoms with Gasteiger partial charge in [0.05, 0.1) is 13.2 Å². The van der Waals surface area contributed by atoms with E-state index in [9.17, 15) is 9.59 Å². The molecule has 6 nitrogen and oxygen atoms in total. The molecule has 0 aromatic heterocycles. The SMILES string of the molecule is O=C1CN(Cc2ccc(CO)cc2)C(C(=O)O)CN1. The fourth-order valence-electron chi connectivity index (χ4n) is 2.08. The number of piperazine rings is 1. The molecule has 1 heterocycles. The van der Waals surface area contributed by atoms with Crippen LogP contribution in [0.2, 0.25) is 0 Å². The summed E-state index contributed by atoms with van der Waals surface area (Å²) in [6.07, 6.45) is 0. The van der Waals surface area contributed by atoms with E-state index in [2.05, 4.69) is 5.32 Å². The van der Waals surface area contributed by atoms with Crippen LogP contribution in [0.3, 0.4) is 0 Å². The van der Waals surface area contributed by atoms with Gasteiger partial charge in [0.15, 0.2) is 0 Å². The van der Waals surface area contributed by atoms with Crippen molar-refractivity contribution < 1.29 is 19.8 Å². The van der Waals surface area contributed by atoms with Crippen LogP contribution >= 0.6 is 0 Å². The highest BCUT2D eigenvalue weighted by molar-refractivity contribution is 5.83. The third kappa shape index (κ3) is 3.30. The normalized spacial score (nSPS) is 20.1. The number of aliphatic hydroxyl groups excluding tert-OH is 1. The van der Waals surface area contributed by atoms with Crippen molar-refractivity contribution in [2.75, 3.05) is 13.1 Å². The molecule has 1 aromatic carbocycles. The number of aliphatic hydroxyl groups is 1. The lowest BCUT2D eigenvalue weighted by Gasteiger charge is -2.32. The predicted octanol–water partition coefficient (Wildman–Crippen LogP) is -0.436. The number of aliphatic carboxylic acids is 1. The summed E-state index contributed by atoms with van der Waals surface area (Å²) in [5, 5.41) is 20.6. The van der Waals surface area contributed by atoms with E-state index in [0.717, 1.165) is 11.1 Å². The Bertz CT molecular complexity index is 472. The number of amides is 1. The van der Waals surface area contributed by atoms with Gasteiger partial charge in [0.25, 0.3) is 0 Å². The summed E-state index contributed by atoms with van der Waals surface area (Å²) in [4.78, 5) is 24.1. The van der Waals surface area contributed by atoms with Crippen molar-refractivity contribution in [3.63, 3.8) is 0 Å². The van der Waals surface area contributed by atoms with Crippen molar-refractivity contribution in [3.05, 3.63) is 35.4 Å². The van der Waals surface area contributed by atoms with Gasteiger partial charge in [-0.1, -0.05) is 24.3 Å². The smallest absolute Gasteiger partial charge is 0.322 e. The van der Waals surface area contributed by atoms with E-state index >= 15 is 0 Å². The Labute approximate surface area is 110 Å². The Balaban J connectivity index is 2.09. The number of nitrogens with one attached hydrogen (secondary N) is 1. The number of hydrogen-bond donors (Lipinski definition) is 3. The van der Waals surface area contributed by atoms with Crippen LogP contribution < -0.4 is 5.32 Å². The molecule has 102 valence electrons. The molecule has 3 N–H and O–H groups in total. The fourth-order valence-corrected chi connectivity index (χ4v) is 2.08. The van der Waals surface area contributed by atoms with Gasteiger partial charge in [-0.25, -0.2) is 0 Å². The summed E-state index contributed by atoms with van der Waals surface area (Å²) >= 11 is 0. The molecule has 0 bridgehead atoms. The Morgan fingerprint density at radius 2 is 1.95 bits per heavy atom. The number of carbonyl (C=O) groups excluding carboxylic acids is 1. The van der Waals surface area contributed by atoms with Crippen molar-refractivity contribution >= 4 is 11.9 Å². The average Bonchev–Trinajstić information content (AvgIpc) is 2.39. The number of carbonyl (C=O) groups is 2. The van der Waals surface area contributed by atoms with Crippen LogP contribution in [0.4, 0.5) is 0 Å². The molecule has 1 unspecified atom stereocenters. The number of nitrogens with zero attached hydrogens (tertiary/aromatic N) is 1. The highest BCUT2D eigenvalue weighted by Gasteiger charge is 2.31. The van der Waals surface area contributed by atoms with E-state index in [4.69, 9.17) is 10.2 Å². The first-order chi connectivity index (χ1) is 9.10. The van der Waals surface area contributed by atoms with Crippen LogP contribution in [0.25, 0.3) is 0 Å². The zero-order valence-corrected chi connectivity index (χ0v) is 10.4. The zero-order valence-electron chi connectivity index (χ0n) is 10.4. The zero-order chi connectivity index (χ0) is 13.8. The monoisotopic (exact) mass is 264 g/mol. The van der Waals surface area contributed by atoms with Crippen molar-refractivity contribution in [1.29, 1.82) is 0 Å². The Morgan fingerprint density at radius 3 is 2.53 bits per heavy atom. The molecule has 1 aliphatic rings. The molecule has 1 aliphatic heterocycles. The lowest BCUT2D eigenvalue weighted by molar-refractivity contribution is -0.146. The first-order valence-corrected chi connectivity index (χ1v) is 6.02. The summed E-state index contributed by atoms with van der Waals surface area (Å²) in [5.41, 5.74) is 1.72. The van der Waals surface area contributed by atoms with Gasteiger partial charge in [0.1, 0.15) is 6.04 Å². The second kappa shape index (κ2) is 5.81. The highest BCUT2D eigenvalue weighted by Crippen LogP contribution is 2.12. The van der Waals surface area contributed by atoms with E-state index in [0.29, 0.717) is 6.54 Å². The third-order valence-electron chi connectivity index (χ3n) is 3.16. The minimum Gasteiger partial charge on any atom is -0.480 e. The summed E-state index contributed by atoms with van der Waals surface area (Å²) in [6, 6.07) is 6.54. The second-order valence-electron chi connectivity index (χ2n) is 4.54. The quantitative estimate of drug-likeness (QED) is 0.686. The third-order valence-corrected chi connectivity index (χ3v) is 3.16. The first-order valence-electron chi connectivity index (χ1n) is 6.02. The number of carboxylic acid groups (broad SMARTS) is 1. The molecule has 1 atom stereocenters. The van der Waals surface area contributed by atoms with E-state index in [1.54, 1.807) is 17.0 Å². The van der Waals surface area contributed by atoms with Crippen LogP contribution in [-0.2, 0) is 22.7 Å². The maximum atomic E-state index is 11.4. The maximum absolute atomic E-state index is 11.4. The minimum absolute atomic E-state index is 0.0237. The van der Waals surface area contributed by atoms with Crippen molar-refractivity contribution in [2.24, 2.45) is 0 Å². The van der Waals surface area contributed by atoms with Gasteiger partial charge in [-0.2, -0.15) is 0 Å².